The van der Waals surface area contributed by atoms with Crippen LogP contribution in [0.2, 0.25) is 0 Å². The van der Waals surface area contributed by atoms with E-state index in [1.54, 1.807) is 6.07 Å². The van der Waals surface area contributed by atoms with Gasteiger partial charge in [-0.25, -0.2) is 0 Å². The lowest BCUT2D eigenvalue weighted by Gasteiger charge is -2.24. The molecule has 0 bridgehead atoms. The van der Waals surface area contributed by atoms with Crippen LogP contribution in [0.15, 0.2) is 24.3 Å². The van der Waals surface area contributed by atoms with Gasteiger partial charge in [0.2, 0.25) is 0 Å². The SMILES string of the molecule is CCCCN(CCC(=O)O)c1cccc(C(C)=O)c1. The van der Waals surface area contributed by atoms with Gasteiger partial charge in [-0.2, -0.15) is 0 Å². The number of nitrogens with zero attached hydrogens (tertiary/aromatic N) is 1. The van der Waals surface area contributed by atoms with E-state index in [9.17, 15) is 9.59 Å². The van der Waals surface area contributed by atoms with Crippen LogP contribution in [0, 0.1) is 0 Å². The van der Waals surface area contributed by atoms with Crippen LogP contribution in [0.1, 0.15) is 43.5 Å². The van der Waals surface area contributed by atoms with Gasteiger partial charge in [-0.15, -0.1) is 0 Å². The Labute approximate surface area is 114 Å². The quantitative estimate of drug-likeness (QED) is 0.732. The minimum atomic E-state index is -0.802. The Bertz CT molecular complexity index is 443. The molecule has 0 saturated carbocycles. The molecule has 4 nitrogen and oxygen atoms in total. The maximum Gasteiger partial charge on any atom is 0.305 e. The molecule has 0 atom stereocenters. The number of carboxylic acid groups (broad SMARTS) is 1. The third kappa shape index (κ3) is 5.12. The van der Waals surface area contributed by atoms with E-state index in [1.807, 2.05) is 23.1 Å². The predicted molar refractivity (Wildman–Crippen MR) is 75.8 cm³/mol. The average molecular weight is 263 g/mol. The third-order valence-electron chi connectivity index (χ3n) is 2.99. The van der Waals surface area contributed by atoms with Crippen LogP contribution in [0.25, 0.3) is 0 Å². The van der Waals surface area contributed by atoms with Crippen molar-refractivity contribution in [3.8, 4) is 0 Å². The van der Waals surface area contributed by atoms with Crippen LogP contribution in [-0.2, 0) is 4.79 Å². The van der Waals surface area contributed by atoms with E-state index in [-0.39, 0.29) is 12.2 Å². The summed E-state index contributed by atoms with van der Waals surface area (Å²) < 4.78 is 0. The normalized spacial score (nSPS) is 10.2. The van der Waals surface area contributed by atoms with Crippen molar-refractivity contribution in [2.75, 3.05) is 18.0 Å². The van der Waals surface area contributed by atoms with Crippen molar-refractivity contribution in [2.24, 2.45) is 0 Å². The van der Waals surface area contributed by atoms with E-state index in [4.69, 9.17) is 5.11 Å². The number of carbonyl (C=O) groups excluding carboxylic acids is 1. The third-order valence-corrected chi connectivity index (χ3v) is 2.99. The highest BCUT2D eigenvalue weighted by Gasteiger charge is 2.10. The van der Waals surface area contributed by atoms with Gasteiger partial charge in [-0.3, -0.25) is 9.59 Å². The number of carbonyl (C=O) groups is 2. The summed E-state index contributed by atoms with van der Waals surface area (Å²) in [5.74, 6) is -0.778. The molecule has 0 spiro atoms. The largest absolute Gasteiger partial charge is 0.481 e. The minimum absolute atomic E-state index is 0.0236. The van der Waals surface area contributed by atoms with Gasteiger partial charge in [0.25, 0.3) is 0 Å². The van der Waals surface area contributed by atoms with Gasteiger partial charge in [0.05, 0.1) is 6.42 Å². The monoisotopic (exact) mass is 263 g/mol. The van der Waals surface area contributed by atoms with Crippen LogP contribution < -0.4 is 4.90 Å². The van der Waals surface area contributed by atoms with E-state index in [0.29, 0.717) is 12.1 Å². The second kappa shape index (κ2) is 7.56. The molecule has 0 heterocycles. The molecule has 1 aromatic rings. The van der Waals surface area contributed by atoms with Crippen LogP contribution >= 0.6 is 0 Å². The van der Waals surface area contributed by atoms with Crippen molar-refractivity contribution in [3.05, 3.63) is 29.8 Å². The molecule has 0 fully saturated rings. The first-order chi connectivity index (χ1) is 9.04. The van der Waals surface area contributed by atoms with Crippen LogP contribution in [0.4, 0.5) is 5.69 Å². The maximum atomic E-state index is 11.4. The summed E-state index contributed by atoms with van der Waals surface area (Å²) in [6.45, 7) is 4.91. The molecule has 19 heavy (non-hydrogen) atoms. The smallest absolute Gasteiger partial charge is 0.305 e. The highest BCUT2D eigenvalue weighted by Crippen LogP contribution is 2.18. The van der Waals surface area contributed by atoms with E-state index < -0.39 is 5.97 Å². The fraction of sp³-hybridized carbons (Fsp3) is 0.467. The molecule has 4 heteroatoms. The first-order valence-corrected chi connectivity index (χ1v) is 6.62. The summed E-state index contributed by atoms with van der Waals surface area (Å²) in [6.07, 6.45) is 2.16. The van der Waals surface area contributed by atoms with Crippen LogP contribution in [-0.4, -0.2) is 29.9 Å². The maximum absolute atomic E-state index is 11.4. The molecule has 0 aliphatic carbocycles. The number of aliphatic carboxylic acids is 1. The highest BCUT2D eigenvalue weighted by molar-refractivity contribution is 5.95. The zero-order valence-corrected chi connectivity index (χ0v) is 11.6. The molecular formula is C15H21NO3. The summed E-state index contributed by atoms with van der Waals surface area (Å²) in [5.41, 5.74) is 1.58. The summed E-state index contributed by atoms with van der Waals surface area (Å²) >= 11 is 0. The molecule has 0 unspecified atom stereocenters. The fourth-order valence-electron chi connectivity index (χ4n) is 1.87. The molecule has 0 radical (unpaired) electrons. The van der Waals surface area contributed by atoms with Gasteiger partial charge in [0.1, 0.15) is 0 Å². The molecule has 0 amide bonds. The topological polar surface area (TPSA) is 57.6 Å². The molecule has 0 saturated heterocycles. The van der Waals surface area contributed by atoms with Gasteiger partial charge in [-0.05, 0) is 25.5 Å². The standard InChI is InChI=1S/C15H21NO3/c1-3-4-9-16(10-8-15(18)19)14-7-5-6-13(11-14)12(2)17/h5-7,11H,3-4,8-10H2,1-2H3,(H,18,19). The van der Waals surface area contributed by atoms with Crippen molar-refractivity contribution in [3.63, 3.8) is 0 Å². The van der Waals surface area contributed by atoms with Gasteiger partial charge < -0.3 is 10.0 Å². The molecule has 1 aromatic carbocycles. The molecule has 104 valence electrons. The number of unbranched alkanes of at least 4 members (excludes halogenated alkanes) is 1. The van der Waals surface area contributed by atoms with Gasteiger partial charge >= 0.3 is 5.97 Å². The first kappa shape index (κ1) is 15.2. The Morgan fingerprint density at radius 1 is 1.26 bits per heavy atom. The van der Waals surface area contributed by atoms with Gasteiger partial charge in [0, 0.05) is 24.3 Å². The zero-order valence-electron chi connectivity index (χ0n) is 11.6. The van der Waals surface area contributed by atoms with Gasteiger partial charge in [0.15, 0.2) is 5.78 Å². The molecule has 1 rings (SSSR count). The Kier molecular flexibility index (Phi) is 6.06. The number of Topliss-reactive ketones (excluding diaryl/α,β-unsaturated/α-hetero) is 1. The van der Waals surface area contributed by atoms with Crippen molar-refractivity contribution >= 4 is 17.4 Å². The van der Waals surface area contributed by atoms with Crippen molar-refractivity contribution in [1.82, 2.24) is 0 Å². The van der Waals surface area contributed by atoms with E-state index in [0.717, 1.165) is 25.1 Å². The lowest BCUT2D eigenvalue weighted by molar-refractivity contribution is -0.136. The van der Waals surface area contributed by atoms with Crippen molar-refractivity contribution < 1.29 is 14.7 Å². The number of hydrogen-bond acceptors (Lipinski definition) is 3. The van der Waals surface area contributed by atoms with Gasteiger partial charge in [-0.1, -0.05) is 25.5 Å². The summed E-state index contributed by atoms with van der Waals surface area (Å²) in [7, 11) is 0. The van der Waals surface area contributed by atoms with E-state index >= 15 is 0 Å². The zero-order chi connectivity index (χ0) is 14.3. The molecule has 1 N–H and O–H groups in total. The number of rotatable bonds is 8. The fourth-order valence-corrected chi connectivity index (χ4v) is 1.87. The second-order valence-corrected chi connectivity index (χ2v) is 4.59. The number of ketones is 1. The van der Waals surface area contributed by atoms with Crippen LogP contribution in [0.5, 0.6) is 0 Å². The van der Waals surface area contributed by atoms with Crippen molar-refractivity contribution in [1.29, 1.82) is 0 Å². The number of anilines is 1. The highest BCUT2D eigenvalue weighted by atomic mass is 16.4. The minimum Gasteiger partial charge on any atom is -0.481 e. The van der Waals surface area contributed by atoms with Crippen molar-refractivity contribution in [2.45, 2.75) is 33.1 Å². The second-order valence-electron chi connectivity index (χ2n) is 4.59. The Morgan fingerprint density at radius 3 is 2.58 bits per heavy atom. The predicted octanol–water partition coefficient (Wildman–Crippen LogP) is 2.97. The number of benzene rings is 1. The summed E-state index contributed by atoms with van der Waals surface area (Å²) in [5, 5.41) is 8.80. The lowest BCUT2D eigenvalue weighted by atomic mass is 10.1. The number of hydrogen-bond donors (Lipinski definition) is 1. The van der Waals surface area contributed by atoms with E-state index in [2.05, 4.69) is 6.92 Å². The Morgan fingerprint density at radius 2 is 2.00 bits per heavy atom. The Hall–Kier alpha value is -1.84. The summed E-state index contributed by atoms with van der Waals surface area (Å²) in [6, 6.07) is 7.37. The Balaban J connectivity index is 2.85. The molecule has 0 aromatic heterocycles. The average Bonchev–Trinajstić information content (AvgIpc) is 2.38. The summed E-state index contributed by atoms with van der Waals surface area (Å²) in [4.78, 5) is 24.1. The van der Waals surface area contributed by atoms with E-state index in [1.165, 1.54) is 6.92 Å². The molecular weight excluding hydrogens is 242 g/mol. The lowest BCUT2D eigenvalue weighted by Crippen LogP contribution is -2.27. The molecule has 0 aliphatic rings. The first-order valence-electron chi connectivity index (χ1n) is 6.62. The van der Waals surface area contributed by atoms with Crippen LogP contribution in [0.3, 0.4) is 0 Å². The molecule has 0 aliphatic heterocycles. The number of carboxylic acids is 1.